The summed E-state index contributed by atoms with van der Waals surface area (Å²) < 4.78 is 11.2. The summed E-state index contributed by atoms with van der Waals surface area (Å²) in [6, 6.07) is 9.83. The van der Waals surface area contributed by atoms with Gasteiger partial charge in [-0.2, -0.15) is 0 Å². The summed E-state index contributed by atoms with van der Waals surface area (Å²) in [5.74, 6) is 0.179. The van der Waals surface area contributed by atoms with Crippen molar-refractivity contribution in [2.24, 2.45) is 23.5 Å². The lowest BCUT2D eigenvalue weighted by atomic mass is 9.87. The number of likely N-dealkylation sites (tertiary alicyclic amines) is 1. The Hall–Kier alpha value is -2.45. The maximum absolute atomic E-state index is 12.9. The molecule has 1 heterocycles. The van der Waals surface area contributed by atoms with Crippen LogP contribution >= 0.6 is 0 Å². The molecule has 264 valence electrons. The van der Waals surface area contributed by atoms with Gasteiger partial charge in [-0.15, -0.1) is 0 Å². The van der Waals surface area contributed by atoms with Crippen molar-refractivity contribution in [3.05, 3.63) is 35.9 Å². The molecule has 4 unspecified atom stereocenters. The Bertz CT molecular complexity index is 852. The van der Waals surface area contributed by atoms with Crippen LogP contribution in [0.2, 0.25) is 0 Å². The number of hydrogen-bond donors (Lipinski definition) is 2. The van der Waals surface area contributed by atoms with Crippen LogP contribution < -0.4 is 11.1 Å². The number of nitrogens with zero attached hydrogens (tertiary/aromatic N) is 1. The van der Waals surface area contributed by atoms with E-state index in [-0.39, 0.29) is 30.1 Å². The van der Waals surface area contributed by atoms with Gasteiger partial charge in [0.25, 0.3) is 0 Å². The summed E-state index contributed by atoms with van der Waals surface area (Å²) >= 11 is 0. The van der Waals surface area contributed by atoms with Crippen LogP contribution in [0.5, 0.6) is 0 Å². The summed E-state index contributed by atoms with van der Waals surface area (Å²) in [6.07, 6.45) is 5.48. The molecule has 0 radical (unpaired) electrons. The first-order valence-electron chi connectivity index (χ1n) is 17.5. The molecule has 1 aromatic carbocycles. The zero-order valence-corrected chi connectivity index (χ0v) is 31.3. The van der Waals surface area contributed by atoms with Crippen LogP contribution in [0.15, 0.2) is 30.3 Å². The Labute approximate surface area is 277 Å². The number of methoxy groups -OCH3 is 2. The monoisotopic (exact) mass is 638 g/mol. The average molecular weight is 638 g/mol. The van der Waals surface area contributed by atoms with Gasteiger partial charge in [0.1, 0.15) is 0 Å². The third-order valence-corrected chi connectivity index (χ3v) is 7.83. The molecule has 2 rings (SSSR count). The molecule has 45 heavy (non-hydrogen) atoms. The number of carbonyl (C=O) groups excluding carboxylic acids is 3. The first-order valence-corrected chi connectivity index (χ1v) is 17.5. The van der Waals surface area contributed by atoms with Gasteiger partial charge < -0.3 is 25.4 Å². The molecule has 1 saturated heterocycles. The molecule has 0 aliphatic carbocycles. The summed E-state index contributed by atoms with van der Waals surface area (Å²) in [7, 11) is 3.25. The van der Waals surface area contributed by atoms with Gasteiger partial charge in [-0.05, 0) is 36.7 Å². The van der Waals surface area contributed by atoms with Gasteiger partial charge in [0, 0.05) is 33.7 Å². The Morgan fingerprint density at radius 1 is 0.956 bits per heavy atom. The van der Waals surface area contributed by atoms with Crippen LogP contribution in [0.3, 0.4) is 0 Å². The summed E-state index contributed by atoms with van der Waals surface area (Å²) in [5, 5.41) is 2.86. The van der Waals surface area contributed by atoms with Crippen molar-refractivity contribution in [3.8, 4) is 0 Å². The SMILES string of the molecule is CC.CC.CCC.CCC(C)[C@H](C)C(CC(=O)N1CCC[C@H]1C(OC)C(C)C(N)=O)OC.CCCC(=O)NCc1ccccc1. The normalized spacial score (nSPS) is 16.6. The Morgan fingerprint density at radius 2 is 1.51 bits per heavy atom. The molecule has 1 aromatic rings. The molecule has 1 fully saturated rings. The van der Waals surface area contributed by atoms with E-state index < -0.39 is 11.8 Å². The molecule has 0 bridgehead atoms. The predicted octanol–water partition coefficient (Wildman–Crippen LogP) is 7.77. The Morgan fingerprint density at radius 3 is 1.96 bits per heavy atom. The second-order valence-electron chi connectivity index (χ2n) is 11.1. The first kappa shape index (κ1) is 47.0. The third kappa shape index (κ3) is 19.6. The van der Waals surface area contributed by atoms with Crippen molar-refractivity contribution in [1.29, 1.82) is 0 Å². The highest BCUT2D eigenvalue weighted by atomic mass is 16.5. The summed E-state index contributed by atoms with van der Waals surface area (Å²) in [5.41, 5.74) is 6.60. The maximum atomic E-state index is 12.9. The molecule has 1 aliphatic rings. The topological polar surface area (TPSA) is 111 Å². The number of nitrogens with one attached hydrogen (secondary N) is 1. The summed E-state index contributed by atoms with van der Waals surface area (Å²) in [6.45, 7) is 23.8. The number of amides is 3. The molecular weight excluding hydrogens is 566 g/mol. The van der Waals surface area contributed by atoms with Crippen LogP contribution in [0, 0.1) is 17.8 Å². The van der Waals surface area contributed by atoms with E-state index in [9.17, 15) is 14.4 Å². The smallest absolute Gasteiger partial charge is 0.225 e. The largest absolute Gasteiger partial charge is 0.381 e. The van der Waals surface area contributed by atoms with Gasteiger partial charge in [0.05, 0.1) is 30.6 Å². The average Bonchev–Trinajstić information content (AvgIpc) is 3.55. The van der Waals surface area contributed by atoms with E-state index in [1.165, 1.54) is 6.42 Å². The number of rotatable bonds is 14. The highest BCUT2D eigenvalue weighted by molar-refractivity contribution is 5.79. The fraction of sp³-hybridized carbons (Fsp3) is 0.757. The highest BCUT2D eigenvalue weighted by Gasteiger charge is 2.40. The lowest BCUT2D eigenvalue weighted by molar-refractivity contribution is -0.141. The molecule has 8 nitrogen and oxygen atoms in total. The zero-order chi connectivity index (χ0) is 35.4. The third-order valence-electron chi connectivity index (χ3n) is 7.83. The van der Waals surface area contributed by atoms with Crippen LogP contribution in [-0.2, 0) is 30.4 Å². The molecule has 0 saturated carbocycles. The van der Waals surface area contributed by atoms with Gasteiger partial charge in [-0.3, -0.25) is 14.4 Å². The molecule has 6 atom stereocenters. The molecule has 0 spiro atoms. The van der Waals surface area contributed by atoms with Gasteiger partial charge in [0.2, 0.25) is 17.7 Å². The van der Waals surface area contributed by atoms with Crippen LogP contribution in [-0.4, -0.2) is 61.6 Å². The maximum Gasteiger partial charge on any atom is 0.225 e. The predicted molar refractivity (Wildman–Crippen MR) is 190 cm³/mol. The molecule has 1 aliphatic heterocycles. The first-order chi connectivity index (χ1) is 21.5. The van der Waals surface area contributed by atoms with Crippen LogP contribution in [0.1, 0.15) is 127 Å². The van der Waals surface area contributed by atoms with Crippen molar-refractivity contribution >= 4 is 17.7 Å². The fourth-order valence-corrected chi connectivity index (χ4v) is 4.92. The lowest BCUT2D eigenvalue weighted by Crippen LogP contribution is -2.49. The Kier molecular flexibility index (Phi) is 31.5. The highest BCUT2D eigenvalue weighted by Crippen LogP contribution is 2.29. The van der Waals surface area contributed by atoms with Gasteiger partial charge in [0.15, 0.2) is 0 Å². The molecular formula is C37H71N3O5. The molecule has 3 amide bonds. The number of primary amides is 1. The van der Waals surface area contributed by atoms with E-state index in [0.29, 0.717) is 37.8 Å². The Balaban J connectivity index is -0.000000735. The van der Waals surface area contributed by atoms with Gasteiger partial charge >= 0.3 is 0 Å². The van der Waals surface area contributed by atoms with E-state index in [0.717, 1.165) is 31.2 Å². The van der Waals surface area contributed by atoms with E-state index in [1.807, 2.05) is 69.9 Å². The van der Waals surface area contributed by atoms with Gasteiger partial charge in [-0.25, -0.2) is 0 Å². The molecule has 8 heteroatoms. The van der Waals surface area contributed by atoms with Crippen molar-refractivity contribution in [2.45, 2.75) is 146 Å². The molecule has 0 aromatic heterocycles. The van der Waals surface area contributed by atoms with Crippen LogP contribution in [0.4, 0.5) is 0 Å². The van der Waals surface area contributed by atoms with Crippen molar-refractivity contribution < 1.29 is 23.9 Å². The minimum absolute atomic E-state index is 0.0724. The van der Waals surface area contributed by atoms with Crippen molar-refractivity contribution in [3.63, 3.8) is 0 Å². The number of hydrogen-bond acceptors (Lipinski definition) is 5. The lowest BCUT2D eigenvalue weighted by Gasteiger charge is -2.35. The minimum Gasteiger partial charge on any atom is -0.381 e. The minimum atomic E-state index is -0.430. The van der Waals surface area contributed by atoms with E-state index in [2.05, 4.69) is 39.9 Å². The van der Waals surface area contributed by atoms with Gasteiger partial charge in [-0.1, -0.05) is 119 Å². The number of nitrogens with two attached hydrogens (primary N) is 1. The second-order valence-corrected chi connectivity index (χ2v) is 11.1. The zero-order valence-electron chi connectivity index (χ0n) is 31.3. The van der Waals surface area contributed by atoms with Crippen molar-refractivity contribution in [1.82, 2.24) is 10.2 Å². The fourth-order valence-electron chi connectivity index (χ4n) is 4.92. The quantitative estimate of drug-likeness (QED) is 0.216. The number of ether oxygens (including phenoxy) is 2. The van der Waals surface area contributed by atoms with E-state index >= 15 is 0 Å². The van der Waals surface area contributed by atoms with Crippen LogP contribution in [0.25, 0.3) is 0 Å². The standard InChI is InChI=1S/C19H36N2O4.C11H15NO.C3H8.2C2H6/c1-7-12(2)13(3)16(24-5)11-17(22)21-10-8-9-15(21)18(25-6)14(4)19(20)23;1-2-6-11(13)12-9-10-7-4-3-5-8-10;1-3-2;2*1-2/h12-16,18H,7-11H2,1-6H3,(H2,20,23);3-5,7-8H,2,6,9H2,1H3,(H,12,13);3H2,1-2H3;2*1-2H3/t12?,13-,14?,15-,16?,18?;;;;/m0..../s1. The van der Waals surface area contributed by atoms with E-state index in [4.69, 9.17) is 15.2 Å². The number of benzene rings is 1. The second kappa shape index (κ2) is 30.2. The van der Waals surface area contributed by atoms with Crippen molar-refractivity contribution in [2.75, 3.05) is 20.8 Å². The summed E-state index contributed by atoms with van der Waals surface area (Å²) in [4.78, 5) is 37.5. The number of carbonyl (C=O) groups is 3. The van der Waals surface area contributed by atoms with E-state index in [1.54, 1.807) is 21.1 Å². The molecule has 3 N–H and O–H groups in total.